The smallest absolute Gasteiger partial charge is 0.305 e. The molecule has 3 heterocycles. The number of ether oxygens (including phenoxy) is 3. The molecule has 0 saturated heterocycles. The molecular formula is C31H26O11. The largest absolute Gasteiger partial charge is 0.508 e. The molecule has 0 aromatic heterocycles. The minimum Gasteiger partial charge on any atom is -0.508 e. The van der Waals surface area contributed by atoms with Crippen LogP contribution in [0.2, 0.25) is 0 Å². The first-order valence-electron chi connectivity index (χ1n) is 13.2. The van der Waals surface area contributed by atoms with E-state index in [1.165, 1.54) is 42.5 Å². The highest BCUT2D eigenvalue weighted by Gasteiger charge is 2.60. The van der Waals surface area contributed by atoms with Crippen LogP contribution in [0.15, 0.2) is 54.6 Å². The third-order valence-corrected chi connectivity index (χ3v) is 8.28. The second-order valence-electron chi connectivity index (χ2n) is 10.8. The van der Waals surface area contributed by atoms with E-state index >= 15 is 0 Å². The summed E-state index contributed by atoms with van der Waals surface area (Å²) in [5.74, 6) is -4.75. The van der Waals surface area contributed by atoms with Crippen LogP contribution in [-0.4, -0.2) is 53.1 Å². The maximum absolute atomic E-state index is 12.0. The molecule has 5 atom stereocenters. The van der Waals surface area contributed by atoms with Crippen LogP contribution in [0.1, 0.15) is 45.4 Å². The number of benzene rings is 4. The summed E-state index contributed by atoms with van der Waals surface area (Å²) in [5.41, 5.74) is 2.39. The van der Waals surface area contributed by atoms with Gasteiger partial charge in [-0.2, -0.15) is 0 Å². The normalized spacial score (nSPS) is 25.2. The molecule has 3 aliphatic rings. The molecule has 7 rings (SSSR count). The van der Waals surface area contributed by atoms with Crippen LogP contribution in [0.4, 0.5) is 0 Å². The SMILES string of the molecule is Cc1cc2c(c3c1C[C@@H](O)[C@@H](c1ccc(O)c(O)c1)O3)[C@H]1c3c(O)cc(O)cc3O[C@@](c3ccc(O)c(O)c3)(O2)[C@@H]1O. The minimum absolute atomic E-state index is 0.00573. The van der Waals surface area contributed by atoms with Crippen molar-refractivity contribution in [3.05, 3.63) is 88.0 Å². The molecule has 0 amide bonds. The fourth-order valence-corrected chi connectivity index (χ4v) is 6.28. The molecule has 216 valence electrons. The van der Waals surface area contributed by atoms with Crippen molar-refractivity contribution in [3.63, 3.8) is 0 Å². The van der Waals surface area contributed by atoms with Crippen LogP contribution in [0.5, 0.6) is 51.7 Å². The molecule has 11 nitrogen and oxygen atoms in total. The lowest BCUT2D eigenvalue weighted by Crippen LogP contribution is -2.57. The van der Waals surface area contributed by atoms with Crippen LogP contribution in [0.3, 0.4) is 0 Å². The highest BCUT2D eigenvalue weighted by atomic mass is 16.7. The quantitative estimate of drug-likeness (QED) is 0.164. The van der Waals surface area contributed by atoms with E-state index in [9.17, 15) is 40.9 Å². The topological polar surface area (TPSA) is 190 Å². The maximum atomic E-state index is 12.0. The zero-order valence-corrected chi connectivity index (χ0v) is 22.0. The molecule has 4 aromatic rings. The predicted molar refractivity (Wildman–Crippen MR) is 144 cm³/mol. The Morgan fingerprint density at radius 1 is 0.714 bits per heavy atom. The molecule has 11 heteroatoms. The molecule has 0 radical (unpaired) electrons. The number of rotatable bonds is 2. The summed E-state index contributed by atoms with van der Waals surface area (Å²) in [6.45, 7) is 1.80. The third-order valence-electron chi connectivity index (χ3n) is 8.28. The van der Waals surface area contributed by atoms with Gasteiger partial charge in [0.05, 0.1) is 12.0 Å². The summed E-state index contributed by atoms with van der Waals surface area (Å²) < 4.78 is 19.0. The molecule has 0 unspecified atom stereocenters. The molecule has 0 spiro atoms. The second kappa shape index (κ2) is 8.75. The fraction of sp³-hybridized carbons (Fsp3) is 0.226. The lowest BCUT2D eigenvalue weighted by molar-refractivity contribution is -0.219. The van der Waals surface area contributed by atoms with E-state index in [0.29, 0.717) is 28.0 Å². The Morgan fingerprint density at radius 3 is 2.07 bits per heavy atom. The van der Waals surface area contributed by atoms with Gasteiger partial charge in [0.2, 0.25) is 0 Å². The molecule has 0 saturated carbocycles. The van der Waals surface area contributed by atoms with Crippen molar-refractivity contribution >= 4 is 0 Å². The summed E-state index contributed by atoms with van der Waals surface area (Å²) in [4.78, 5) is 0. The van der Waals surface area contributed by atoms with Gasteiger partial charge in [-0.05, 0) is 54.4 Å². The number of hydrogen-bond acceptors (Lipinski definition) is 11. The van der Waals surface area contributed by atoms with Crippen LogP contribution < -0.4 is 14.2 Å². The molecule has 3 aliphatic heterocycles. The van der Waals surface area contributed by atoms with Gasteiger partial charge >= 0.3 is 5.79 Å². The average molecular weight is 575 g/mol. The van der Waals surface area contributed by atoms with Crippen molar-refractivity contribution in [1.29, 1.82) is 0 Å². The molecule has 0 aliphatic carbocycles. The molecule has 2 bridgehead atoms. The summed E-state index contributed by atoms with van der Waals surface area (Å²) >= 11 is 0. The number of aliphatic hydroxyl groups excluding tert-OH is 2. The molecule has 42 heavy (non-hydrogen) atoms. The maximum Gasteiger partial charge on any atom is 0.305 e. The van der Waals surface area contributed by atoms with Crippen molar-refractivity contribution in [1.82, 2.24) is 0 Å². The molecule has 8 N–H and O–H groups in total. The van der Waals surface area contributed by atoms with Crippen LogP contribution in [0.25, 0.3) is 0 Å². The number of phenols is 6. The first kappa shape index (κ1) is 25.9. The van der Waals surface area contributed by atoms with E-state index in [2.05, 4.69) is 0 Å². The zero-order valence-electron chi connectivity index (χ0n) is 22.0. The standard InChI is InChI=1S/C31H26O11/c1-12-6-23-26(29-16(12)11-22(38)28(40-29)13-2-4-17(33)19(35)7-13)27-25-21(37)9-15(32)10-24(25)42-31(41-23,30(27)39)14-3-5-18(34)20(36)8-14/h2-10,22,27-28,30,32-39H,11H2,1H3/t22-,27-,28-,30-,31-/m1/s1. The van der Waals surface area contributed by atoms with Gasteiger partial charge in [-0.1, -0.05) is 6.07 Å². The summed E-state index contributed by atoms with van der Waals surface area (Å²) in [7, 11) is 0. The molecular weight excluding hydrogens is 548 g/mol. The van der Waals surface area contributed by atoms with Crippen molar-refractivity contribution in [2.45, 2.75) is 43.4 Å². The highest BCUT2D eigenvalue weighted by molar-refractivity contribution is 5.67. The number of aromatic hydroxyl groups is 6. The lowest BCUT2D eigenvalue weighted by Gasteiger charge is -2.50. The Labute approximate surface area is 238 Å². The van der Waals surface area contributed by atoms with Crippen molar-refractivity contribution < 1.29 is 55.1 Å². The average Bonchev–Trinajstić information content (AvgIpc) is 2.92. The zero-order chi connectivity index (χ0) is 29.7. The van der Waals surface area contributed by atoms with Gasteiger partial charge in [0.1, 0.15) is 41.0 Å². The number of aliphatic hydroxyl groups is 2. The van der Waals surface area contributed by atoms with Crippen molar-refractivity contribution in [2.24, 2.45) is 0 Å². The van der Waals surface area contributed by atoms with E-state index in [0.717, 1.165) is 6.07 Å². The third kappa shape index (κ3) is 3.53. The summed E-state index contributed by atoms with van der Waals surface area (Å²) in [5, 5.41) is 84.5. The predicted octanol–water partition coefficient (Wildman–Crippen LogP) is 3.40. The Bertz CT molecular complexity index is 1780. The van der Waals surface area contributed by atoms with Gasteiger partial charge in [0.25, 0.3) is 0 Å². The molecule has 4 aromatic carbocycles. The Morgan fingerprint density at radius 2 is 1.38 bits per heavy atom. The number of hydrogen-bond donors (Lipinski definition) is 8. The first-order chi connectivity index (χ1) is 20.0. The van der Waals surface area contributed by atoms with E-state index < -0.39 is 41.5 Å². The van der Waals surface area contributed by atoms with Crippen molar-refractivity contribution in [2.75, 3.05) is 0 Å². The highest BCUT2D eigenvalue weighted by Crippen LogP contribution is 2.61. The van der Waals surface area contributed by atoms with E-state index in [1.54, 1.807) is 13.0 Å². The second-order valence-corrected chi connectivity index (χ2v) is 10.8. The van der Waals surface area contributed by atoms with Gasteiger partial charge in [0, 0.05) is 40.8 Å². The van der Waals surface area contributed by atoms with E-state index in [1.807, 2.05) is 0 Å². The Hall–Kier alpha value is -5.00. The first-order valence-corrected chi connectivity index (χ1v) is 13.2. The fourth-order valence-electron chi connectivity index (χ4n) is 6.28. The Kier molecular flexibility index (Phi) is 5.40. The van der Waals surface area contributed by atoms with Crippen molar-refractivity contribution in [3.8, 4) is 51.7 Å². The Balaban J connectivity index is 1.47. The number of fused-ring (bicyclic) bond motifs is 8. The molecule has 0 fully saturated rings. The minimum atomic E-state index is -1.98. The number of aryl methyl sites for hydroxylation is 1. The summed E-state index contributed by atoms with van der Waals surface area (Å²) in [6, 6.07) is 12.0. The van der Waals surface area contributed by atoms with Gasteiger partial charge in [0.15, 0.2) is 23.0 Å². The monoisotopic (exact) mass is 574 g/mol. The van der Waals surface area contributed by atoms with Gasteiger partial charge in [-0.15, -0.1) is 0 Å². The van der Waals surface area contributed by atoms with Crippen LogP contribution in [-0.2, 0) is 12.2 Å². The number of phenolic OH excluding ortho intramolecular Hbond substituents is 6. The van der Waals surface area contributed by atoms with Gasteiger partial charge < -0.3 is 55.1 Å². The van der Waals surface area contributed by atoms with Gasteiger partial charge in [-0.25, -0.2) is 0 Å². The van der Waals surface area contributed by atoms with E-state index in [4.69, 9.17) is 14.2 Å². The summed E-state index contributed by atoms with van der Waals surface area (Å²) in [6.07, 6.45) is -3.40. The van der Waals surface area contributed by atoms with Crippen LogP contribution in [0, 0.1) is 6.92 Å². The van der Waals surface area contributed by atoms with Crippen LogP contribution >= 0.6 is 0 Å². The van der Waals surface area contributed by atoms with Gasteiger partial charge in [-0.3, -0.25) is 0 Å². The lowest BCUT2D eigenvalue weighted by atomic mass is 9.73. The van der Waals surface area contributed by atoms with E-state index in [-0.39, 0.29) is 52.0 Å².